The third-order valence-electron chi connectivity index (χ3n) is 2.01. The van der Waals surface area contributed by atoms with Crippen molar-refractivity contribution in [3.8, 4) is 0 Å². The zero-order valence-corrected chi connectivity index (χ0v) is 9.15. The summed E-state index contributed by atoms with van der Waals surface area (Å²) in [6.45, 7) is 0. The molecule has 0 heterocycles. The van der Waals surface area contributed by atoms with Gasteiger partial charge in [-0.3, -0.25) is 10.0 Å². The third-order valence-corrected chi connectivity index (χ3v) is 2.28. The van der Waals surface area contributed by atoms with Gasteiger partial charge in [-0.05, 0) is 25.0 Å². The Balaban J connectivity index is 2.46. The molecule has 0 bridgehead atoms. The molecule has 0 aromatic heterocycles. The molecular formula is C11H14ClNO2. The van der Waals surface area contributed by atoms with Crippen LogP contribution in [0.5, 0.6) is 0 Å². The predicted molar refractivity (Wildman–Crippen MR) is 60.3 cm³/mol. The van der Waals surface area contributed by atoms with Gasteiger partial charge >= 0.3 is 0 Å². The van der Waals surface area contributed by atoms with Gasteiger partial charge in [-0.2, -0.15) is 5.06 Å². The zero-order valence-electron chi connectivity index (χ0n) is 8.40. The van der Waals surface area contributed by atoms with E-state index in [1.807, 2.05) is 6.07 Å². The molecule has 4 heteroatoms. The number of para-hydroxylation sites is 1. The van der Waals surface area contributed by atoms with E-state index in [2.05, 4.69) is 0 Å². The minimum Gasteiger partial charge on any atom is -0.281 e. The van der Waals surface area contributed by atoms with E-state index in [0.29, 0.717) is 29.5 Å². The van der Waals surface area contributed by atoms with Crippen molar-refractivity contribution in [1.29, 1.82) is 0 Å². The summed E-state index contributed by atoms with van der Waals surface area (Å²) in [4.78, 5) is 11.5. The minimum atomic E-state index is -0.300. The van der Waals surface area contributed by atoms with E-state index in [1.54, 1.807) is 24.3 Å². The Bertz CT molecular complexity index is 303. The van der Waals surface area contributed by atoms with Gasteiger partial charge in [0.05, 0.1) is 5.69 Å². The number of hydroxylamine groups is 1. The maximum Gasteiger partial charge on any atom is 0.250 e. The topological polar surface area (TPSA) is 40.5 Å². The molecule has 0 fully saturated rings. The van der Waals surface area contributed by atoms with Crippen molar-refractivity contribution < 1.29 is 10.0 Å². The normalized spacial score (nSPS) is 10.0. The van der Waals surface area contributed by atoms with Crippen LogP contribution in [0.2, 0.25) is 0 Å². The number of alkyl halides is 1. The summed E-state index contributed by atoms with van der Waals surface area (Å²) in [6, 6.07) is 8.73. The second-order valence-corrected chi connectivity index (χ2v) is 3.57. The monoisotopic (exact) mass is 227 g/mol. The van der Waals surface area contributed by atoms with Crippen molar-refractivity contribution in [3.63, 3.8) is 0 Å². The molecule has 1 aromatic rings. The largest absolute Gasteiger partial charge is 0.281 e. The first-order valence-corrected chi connectivity index (χ1v) is 5.42. The summed E-state index contributed by atoms with van der Waals surface area (Å²) in [6.07, 6.45) is 1.81. The minimum absolute atomic E-state index is 0.300. The van der Waals surface area contributed by atoms with Crippen LogP contribution in [0.1, 0.15) is 19.3 Å². The van der Waals surface area contributed by atoms with Crippen molar-refractivity contribution in [3.05, 3.63) is 30.3 Å². The summed E-state index contributed by atoms with van der Waals surface area (Å²) in [5.74, 6) is 0.246. The molecule has 0 saturated carbocycles. The molecule has 0 spiro atoms. The molecule has 1 N–H and O–H groups in total. The van der Waals surface area contributed by atoms with Gasteiger partial charge in [-0.1, -0.05) is 18.2 Å². The Kier molecular flexibility index (Phi) is 5.15. The Morgan fingerprint density at radius 1 is 1.27 bits per heavy atom. The zero-order chi connectivity index (χ0) is 11.1. The molecule has 1 rings (SSSR count). The Hall–Kier alpha value is -1.06. The van der Waals surface area contributed by atoms with Crippen molar-refractivity contribution in [2.24, 2.45) is 0 Å². The fourth-order valence-corrected chi connectivity index (χ4v) is 1.38. The second kappa shape index (κ2) is 6.43. The van der Waals surface area contributed by atoms with Gasteiger partial charge in [0, 0.05) is 12.3 Å². The van der Waals surface area contributed by atoms with Crippen LogP contribution in [-0.2, 0) is 4.79 Å². The number of carbonyl (C=O) groups excluding carboxylic acids is 1. The van der Waals surface area contributed by atoms with E-state index in [1.165, 1.54) is 0 Å². The van der Waals surface area contributed by atoms with Crippen LogP contribution in [0.3, 0.4) is 0 Å². The Morgan fingerprint density at radius 2 is 1.93 bits per heavy atom. The standard InChI is InChI=1S/C11H14ClNO2/c12-9-5-4-8-11(14)13(15)10-6-2-1-3-7-10/h1-3,6-7,15H,4-5,8-9H2. The molecule has 0 saturated heterocycles. The molecule has 3 nitrogen and oxygen atoms in total. The highest BCUT2D eigenvalue weighted by Gasteiger charge is 2.11. The van der Waals surface area contributed by atoms with Gasteiger partial charge in [-0.25, -0.2) is 0 Å². The summed E-state index contributed by atoms with van der Waals surface area (Å²) in [5.41, 5.74) is 0.494. The number of amides is 1. The van der Waals surface area contributed by atoms with Crippen LogP contribution in [0.15, 0.2) is 30.3 Å². The average molecular weight is 228 g/mol. The van der Waals surface area contributed by atoms with Gasteiger partial charge in [0.1, 0.15) is 0 Å². The number of halogens is 1. The molecule has 0 radical (unpaired) electrons. The average Bonchev–Trinajstić information content (AvgIpc) is 2.29. The number of benzene rings is 1. The highest BCUT2D eigenvalue weighted by Crippen LogP contribution is 2.12. The van der Waals surface area contributed by atoms with Crippen LogP contribution >= 0.6 is 11.6 Å². The highest BCUT2D eigenvalue weighted by atomic mass is 35.5. The van der Waals surface area contributed by atoms with Gasteiger partial charge in [0.2, 0.25) is 0 Å². The number of nitrogens with zero attached hydrogens (tertiary/aromatic N) is 1. The lowest BCUT2D eigenvalue weighted by molar-refractivity contribution is -0.123. The fraction of sp³-hybridized carbons (Fsp3) is 0.364. The fourth-order valence-electron chi connectivity index (χ4n) is 1.19. The lowest BCUT2D eigenvalue weighted by atomic mass is 10.2. The van der Waals surface area contributed by atoms with Gasteiger partial charge in [-0.15, -0.1) is 11.6 Å². The first-order chi connectivity index (χ1) is 7.25. The van der Waals surface area contributed by atoms with Crippen molar-refractivity contribution >= 4 is 23.2 Å². The molecule has 82 valence electrons. The van der Waals surface area contributed by atoms with E-state index in [0.717, 1.165) is 6.42 Å². The van der Waals surface area contributed by atoms with E-state index >= 15 is 0 Å². The van der Waals surface area contributed by atoms with Crippen LogP contribution < -0.4 is 5.06 Å². The number of carbonyl (C=O) groups is 1. The van der Waals surface area contributed by atoms with E-state index < -0.39 is 0 Å². The summed E-state index contributed by atoms with van der Waals surface area (Å²) >= 11 is 5.49. The highest BCUT2D eigenvalue weighted by molar-refractivity contribution is 6.17. The maximum absolute atomic E-state index is 11.5. The molecule has 1 aromatic carbocycles. The molecule has 0 aliphatic rings. The van der Waals surface area contributed by atoms with E-state index in [9.17, 15) is 10.0 Å². The molecule has 1 amide bonds. The van der Waals surface area contributed by atoms with Crippen LogP contribution in [-0.4, -0.2) is 17.0 Å². The lowest BCUT2D eigenvalue weighted by Crippen LogP contribution is -2.26. The molecule has 0 unspecified atom stereocenters. The summed E-state index contributed by atoms with van der Waals surface area (Å²) < 4.78 is 0. The lowest BCUT2D eigenvalue weighted by Gasteiger charge is -2.14. The number of unbranched alkanes of at least 4 members (excludes halogenated alkanes) is 1. The number of rotatable bonds is 5. The first kappa shape index (κ1) is 12.0. The quantitative estimate of drug-likeness (QED) is 0.364. The van der Waals surface area contributed by atoms with Gasteiger partial charge in [0.25, 0.3) is 5.91 Å². The molecule has 0 aliphatic heterocycles. The number of hydrogen-bond acceptors (Lipinski definition) is 2. The second-order valence-electron chi connectivity index (χ2n) is 3.19. The summed E-state index contributed by atoms with van der Waals surface area (Å²) in [7, 11) is 0. The van der Waals surface area contributed by atoms with E-state index in [-0.39, 0.29) is 5.91 Å². The Labute approximate surface area is 94.2 Å². The molecule has 0 aliphatic carbocycles. The van der Waals surface area contributed by atoms with Gasteiger partial charge < -0.3 is 0 Å². The van der Waals surface area contributed by atoms with Crippen molar-refractivity contribution in [1.82, 2.24) is 0 Å². The predicted octanol–water partition coefficient (Wildman–Crippen LogP) is 2.82. The number of hydrogen-bond donors (Lipinski definition) is 1. The van der Waals surface area contributed by atoms with Crippen LogP contribution in [0, 0.1) is 0 Å². The first-order valence-electron chi connectivity index (χ1n) is 4.88. The summed E-state index contributed by atoms with van der Waals surface area (Å²) in [5, 5.41) is 10.2. The van der Waals surface area contributed by atoms with Crippen LogP contribution in [0.25, 0.3) is 0 Å². The van der Waals surface area contributed by atoms with Gasteiger partial charge in [0.15, 0.2) is 0 Å². The third kappa shape index (κ3) is 3.90. The van der Waals surface area contributed by atoms with Crippen molar-refractivity contribution in [2.45, 2.75) is 19.3 Å². The molecular weight excluding hydrogens is 214 g/mol. The van der Waals surface area contributed by atoms with Crippen molar-refractivity contribution in [2.75, 3.05) is 10.9 Å². The molecule has 0 atom stereocenters. The smallest absolute Gasteiger partial charge is 0.250 e. The Morgan fingerprint density at radius 3 is 2.53 bits per heavy atom. The molecule has 15 heavy (non-hydrogen) atoms. The van der Waals surface area contributed by atoms with Crippen LogP contribution in [0.4, 0.5) is 5.69 Å². The SMILES string of the molecule is O=C(CCCCCl)N(O)c1ccccc1. The number of anilines is 1. The van der Waals surface area contributed by atoms with E-state index in [4.69, 9.17) is 11.6 Å². The maximum atomic E-state index is 11.5.